The van der Waals surface area contributed by atoms with E-state index in [-0.39, 0.29) is 5.54 Å². The zero-order valence-corrected chi connectivity index (χ0v) is 12.9. The van der Waals surface area contributed by atoms with Gasteiger partial charge in [0.05, 0.1) is 5.69 Å². The van der Waals surface area contributed by atoms with Gasteiger partial charge in [-0.3, -0.25) is 4.68 Å². The molecule has 1 aromatic heterocycles. The van der Waals surface area contributed by atoms with Gasteiger partial charge in [0, 0.05) is 24.2 Å². The van der Waals surface area contributed by atoms with Gasteiger partial charge in [0.25, 0.3) is 0 Å². The van der Waals surface area contributed by atoms with Crippen molar-refractivity contribution in [3.63, 3.8) is 0 Å². The zero-order valence-electron chi connectivity index (χ0n) is 12.9. The smallest absolute Gasteiger partial charge is 0.0643 e. The summed E-state index contributed by atoms with van der Waals surface area (Å²) >= 11 is 0. The number of aromatic nitrogens is 2. The van der Waals surface area contributed by atoms with Gasteiger partial charge >= 0.3 is 0 Å². The first-order chi connectivity index (χ1) is 8.94. The molecule has 0 aliphatic heterocycles. The molecular weight excluding hydrogens is 234 g/mol. The summed E-state index contributed by atoms with van der Waals surface area (Å²) < 4.78 is 2.08. The first kappa shape index (κ1) is 14.6. The van der Waals surface area contributed by atoms with Crippen LogP contribution < -0.4 is 5.73 Å². The highest BCUT2D eigenvalue weighted by molar-refractivity contribution is 5.08. The molecule has 2 rings (SSSR count). The third kappa shape index (κ3) is 3.19. The van der Waals surface area contributed by atoms with Crippen LogP contribution in [0.3, 0.4) is 0 Å². The fraction of sp³-hybridized carbons (Fsp3) is 0.812. The second-order valence-corrected chi connectivity index (χ2v) is 6.73. The quantitative estimate of drug-likeness (QED) is 0.902. The Balaban J connectivity index is 2.05. The lowest BCUT2D eigenvalue weighted by atomic mass is 9.68. The van der Waals surface area contributed by atoms with Crippen molar-refractivity contribution in [2.24, 2.45) is 17.6 Å². The lowest BCUT2D eigenvalue weighted by Crippen LogP contribution is -2.51. The van der Waals surface area contributed by atoms with Gasteiger partial charge in [-0.2, -0.15) is 5.10 Å². The fourth-order valence-electron chi connectivity index (χ4n) is 3.22. The minimum Gasteiger partial charge on any atom is -0.325 e. The molecule has 4 unspecified atom stereocenters. The molecule has 1 heterocycles. The molecule has 1 aliphatic carbocycles. The molecule has 1 aliphatic rings. The van der Waals surface area contributed by atoms with Crippen molar-refractivity contribution in [3.8, 4) is 0 Å². The third-order valence-corrected chi connectivity index (χ3v) is 5.06. The molecule has 19 heavy (non-hydrogen) atoms. The summed E-state index contributed by atoms with van der Waals surface area (Å²) in [4.78, 5) is 0. The van der Waals surface area contributed by atoms with Crippen LogP contribution in [0.1, 0.15) is 65.1 Å². The van der Waals surface area contributed by atoms with E-state index in [1.165, 1.54) is 12.8 Å². The van der Waals surface area contributed by atoms with Crippen LogP contribution in [0.15, 0.2) is 12.3 Å². The number of hydrogen-bond donors (Lipinski definition) is 1. The molecule has 0 aromatic carbocycles. The summed E-state index contributed by atoms with van der Waals surface area (Å²) in [7, 11) is 0. The van der Waals surface area contributed by atoms with Gasteiger partial charge in [-0.15, -0.1) is 0 Å². The SMILES string of the molecule is CCC(C)n1ccc(CC2(N)CCC(C)CC2C)n1. The van der Waals surface area contributed by atoms with Gasteiger partial charge in [-0.25, -0.2) is 0 Å². The van der Waals surface area contributed by atoms with Gasteiger partial charge in [0.15, 0.2) is 0 Å². The minimum absolute atomic E-state index is 0.0544. The topological polar surface area (TPSA) is 43.8 Å². The Hall–Kier alpha value is -0.830. The molecule has 1 saturated carbocycles. The number of rotatable bonds is 4. The first-order valence-corrected chi connectivity index (χ1v) is 7.77. The van der Waals surface area contributed by atoms with E-state index in [1.807, 2.05) is 0 Å². The van der Waals surface area contributed by atoms with Crippen molar-refractivity contribution < 1.29 is 0 Å². The Labute approximate surface area is 117 Å². The van der Waals surface area contributed by atoms with Crippen LogP contribution >= 0.6 is 0 Å². The molecule has 0 spiro atoms. The standard InChI is InChI=1S/C16H29N3/c1-5-14(4)19-9-7-15(18-19)11-16(17)8-6-12(2)10-13(16)3/h7,9,12-14H,5-6,8,10-11,17H2,1-4H3. The summed E-state index contributed by atoms with van der Waals surface area (Å²) in [6, 6.07) is 2.62. The highest BCUT2D eigenvalue weighted by atomic mass is 15.3. The Morgan fingerprint density at radius 2 is 2.26 bits per heavy atom. The van der Waals surface area contributed by atoms with Crippen molar-refractivity contribution in [2.45, 2.75) is 71.4 Å². The average molecular weight is 263 g/mol. The Kier molecular flexibility index (Phi) is 4.34. The second-order valence-electron chi connectivity index (χ2n) is 6.73. The zero-order chi connectivity index (χ0) is 14.0. The predicted octanol–water partition coefficient (Wildman–Crippen LogP) is 3.55. The highest BCUT2D eigenvalue weighted by Gasteiger charge is 2.37. The van der Waals surface area contributed by atoms with E-state index in [2.05, 4.69) is 44.6 Å². The molecule has 3 heteroatoms. The van der Waals surface area contributed by atoms with E-state index in [1.54, 1.807) is 0 Å². The van der Waals surface area contributed by atoms with Crippen molar-refractivity contribution in [3.05, 3.63) is 18.0 Å². The van der Waals surface area contributed by atoms with E-state index in [0.717, 1.165) is 30.9 Å². The molecule has 4 atom stereocenters. The van der Waals surface area contributed by atoms with Crippen molar-refractivity contribution in [2.75, 3.05) is 0 Å². The second kappa shape index (κ2) is 5.66. The first-order valence-electron chi connectivity index (χ1n) is 7.77. The van der Waals surface area contributed by atoms with Crippen molar-refractivity contribution in [1.82, 2.24) is 9.78 Å². The number of nitrogens with two attached hydrogens (primary N) is 1. The normalized spacial score (nSPS) is 33.3. The summed E-state index contributed by atoms with van der Waals surface area (Å²) in [6.07, 6.45) is 7.77. The molecule has 0 amide bonds. The fourth-order valence-corrected chi connectivity index (χ4v) is 3.22. The minimum atomic E-state index is -0.0544. The van der Waals surface area contributed by atoms with Crippen LogP contribution in [0, 0.1) is 11.8 Å². The van der Waals surface area contributed by atoms with Crippen LogP contribution in [0.4, 0.5) is 0 Å². The van der Waals surface area contributed by atoms with Gasteiger partial charge in [-0.1, -0.05) is 20.8 Å². The predicted molar refractivity (Wildman–Crippen MR) is 80.0 cm³/mol. The monoisotopic (exact) mass is 263 g/mol. The Morgan fingerprint density at radius 1 is 1.53 bits per heavy atom. The van der Waals surface area contributed by atoms with E-state index < -0.39 is 0 Å². The maximum Gasteiger partial charge on any atom is 0.0643 e. The summed E-state index contributed by atoms with van der Waals surface area (Å²) in [5.74, 6) is 1.41. The molecule has 0 saturated heterocycles. The van der Waals surface area contributed by atoms with Crippen LogP contribution in [0.2, 0.25) is 0 Å². The summed E-state index contributed by atoms with van der Waals surface area (Å²) in [5.41, 5.74) is 7.77. The molecule has 0 bridgehead atoms. The molecule has 1 fully saturated rings. The lowest BCUT2D eigenvalue weighted by molar-refractivity contribution is 0.162. The van der Waals surface area contributed by atoms with Crippen LogP contribution in [0.25, 0.3) is 0 Å². The van der Waals surface area contributed by atoms with E-state index >= 15 is 0 Å². The van der Waals surface area contributed by atoms with E-state index in [4.69, 9.17) is 10.8 Å². The van der Waals surface area contributed by atoms with Crippen LogP contribution in [0.5, 0.6) is 0 Å². The Morgan fingerprint density at radius 3 is 2.89 bits per heavy atom. The van der Waals surface area contributed by atoms with E-state index in [9.17, 15) is 0 Å². The maximum absolute atomic E-state index is 6.67. The van der Waals surface area contributed by atoms with E-state index in [0.29, 0.717) is 12.0 Å². The average Bonchev–Trinajstić information content (AvgIpc) is 2.82. The molecule has 0 radical (unpaired) electrons. The number of nitrogens with zero attached hydrogens (tertiary/aromatic N) is 2. The molecular formula is C16H29N3. The Bertz CT molecular complexity index is 412. The summed E-state index contributed by atoms with van der Waals surface area (Å²) in [5, 5.41) is 4.71. The van der Waals surface area contributed by atoms with Gasteiger partial charge in [0.1, 0.15) is 0 Å². The van der Waals surface area contributed by atoms with Gasteiger partial charge < -0.3 is 5.73 Å². The molecule has 2 N–H and O–H groups in total. The van der Waals surface area contributed by atoms with Gasteiger partial charge in [-0.05, 0) is 50.5 Å². The van der Waals surface area contributed by atoms with Gasteiger partial charge in [0.2, 0.25) is 0 Å². The number of hydrogen-bond acceptors (Lipinski definition) is 2. The van der Waals surface area contributed by atoms with Crippen molar-refractivity contribution >= 4 is 0 Å². The summed E-state index contributed by atoms with van der Waals surface area (Å²) in [6.45, 7) is 9.05. The van der Waals surface area contributed by atoms with Crippen LogP contribution in [-0.4, -0.2) is 15.3 Å². The molecule has 3 nitrogen and oxygen atoms in total. The lowest BCUT2D eigenvalue weighted by Gasteiger charge is -2.41. The highest BCUT2D eigenvalue weighted by Crippen LogP contribution is 2.36. The molecule has 1 aromatic rings. The van der Waals surface area contributed by atoms with Crippen LogP contribution in [-0.2, 0) is 6.42 Å². The largest absolute Gasteiger partial charge is 0.325 e. The third-order valence-electron chi connectivity index (χ3n) is 5.06. The van der Waals surface area contributed by atoms with Crippen molar-refractivity contribution in [1.29, 1.82) is 0 Å². The molecule has 108 valence electrons. The maximum atomic E-state index is 6.67.